The van der Waals surface area contributed by atoms with E-state index >= 15 is 0 Å². The van der Waals surface area contributed by atoms with Crippen LogP contribution in [0.25, 0.3) is 0 Å². The maximum Gasteiger partial charge on any atom is 0.303 e. The van der Waals surface area contributed by atoms with E-state index in [-0.39, 0.29) is 12.3 Å². The number of hydrogen-bond acceptors (Lipinski definition) is 5. The molecule has 1 atom stereocenters. The average Bonchev–Trinajstić information content (AvgIpc) is 3.65. The van der Waals surface area contributed by atoms with E-state index in [1.807, 2.05) is 12.1 Å². The van der Waals surface area contributed by atoms with Crippen LogP contribution in [0.15, 0.2) is 42.5 Å². The minimum Gasteiger partial charge on any atom is -0.481 e. The minimum atomic E-state index is -0.745. The molecule has 0 bridgehead atoms. The van der Waals surface area contributed by atoms with Crippen LogP contribution in [0, 0.1) is 17.2 Å². The monoisotopic (exact) mass is 433 g/mol. The second-order valence-corrected chi connectivity index (χ2v) is 8.76. The van der Waals surface area contributed by atoms with Gasteiger partial charge in [-0.1, -0.05) is 6.07 Å². The third kappa shape index (κ3) is 5.23. The number of nitrogens with zero attached hydrogens (tertiary/aromatic N) is 2. The Labute approximate surface area is 189 Å². The van der Waals surface area contributed by atoms with Crippen LogP contribution in [0.5, 0.6) is 0 Å². The molecule has 2 aliphatic rings. The van der Waals surface area contributed by atoms with Crippen LogP contribution in [0.4, 0.5) is 17.1 Å². The average molecular weight is 434 g/mol. The fourth-order valence-electron chi connectivity index (χ4n) is 4.78. The van der Waals surface area contributed by atoms with Crippen molar-refractivity contribution in [1.82, 2.24) is 0 Å². The summed E-state index contributed by atoms with van der Waals surface area (Å²) in [6.07, 6.45) is 4.35. The normalized spacial score (nSPS) is 17.4. The summed E-state index contributed by atoms with van der Waals surface area (Å²) in [5.41, 5.74) is 4.72. The van der Waals surface area contributed by atoms with Gasteiger partial charge in [0.1, 0.15) is 0 Å². The lowest BCUT2D eigenvalue weighted by atomic mass is 9.90. The Hall–Kier alpha value is -3.04. The summed E-state index contributed by atoms with van der Waals surface area (Å²) in [7, 11) is 0. The van der Waals surface area contributed by atoms with Crippen molar-refractivity contribution >= 4 is 23.0 Å². The molecule has 1 saturated carbocycles. The van der Waals surface area contributed by atoms with Crippen molar-refractivity contribution in [2.75, 3.05) is 30.0 Å². The molecule has 1 unspecified atom stereocenters. The number of aliphatic carboxylic acids is 1. The Balaban J connectivity index is 1.70. The molecular formula is C26H31N3O3. The molecule has 1 saturated heterocycles. The molecule has 0 aromatic heterocycles. The predicted molar refractivity (Wildman–Crippen MR) is 125 cm³/mol. The van der Waals surface area contributed by atoms with Crippen LogP contribution in [0.1, 0.15) is 56.1 Å². The third-order valence-corrected chi connectivity index (χ3v) is 6.61. The molecule has 2 aromatic rings. The number of carboxylic acid groups (broad SMARTS) is 1. The molecule has 4 rings (SSSR count). The summed E-state index contributed by atoms with van der Waals surface area (Å²) < 4.78 is 5.57. The lowest BCUT2D eigenvalue weighted by Gasteiger charge is -2.37. The summed E-state index contributed by atoms with van der Waals surface area (Å²) in [6.45, 7) is 4.61. The molecule has 1 aliphatic carbocycles. The van der Waals surface area contributed by atoms with E-state index in [1.165, 1.54) is 0 Å². The fourth-order valence-corrected chi connectivity index (χ4v) is 4.78. The first-order valence-corrected chi connectivity index (χ1v) is 11.6. The molecule has 1 heterocycles. The van der Waals surface area contributed by atoms with E-state index in [4.69, 9.17) is 10.00 Å². The molecule has 2 aromatic carbocycles. The third-order valence-electron chi connectivity index (χ3n) is 6.61. The van der Waals surface area contributed by atoms with Crippen LogP contribution in [-0.4, -0.2) is 36.9 Å². The molecule has 2 fully saturated rings. The molecule has 0 amide bonds. The van der Waals surface area contributed by atoms with Crippen molar-refractivity contribution in [2.45, 2.75) is 51.0 Å². The maximum absolute atomic E-state index is 11.5. The summed E-state index contributed by atoms with van der Waals surface area (Å²) in [4.78, 5) is 13.9. The van der Waals surface area contributed by atoms with Gasteiger partial charge in [-0.05, 0) is 86.4 Å². The lowest BCUT2D eigenvalue weighted by molar-refractivity contribution is -0.137. The van der Waals surface area contributed by atoms with Crippen molar-refractivity contribution in [3.63, 3.8) is 0 Å². The Kier molecular flexibility index (Phi) is 6.96. The van der Waals surface area contributed by atoms with Crippen LogP contribution in [0.2, 0.25) is 0 Å². The lowest BCUT2D eigenvalue weighted by Crippen LogP contribution is -2.39. The van der Waals surface area contributed by atoms with Crippen molar-refractivity contribution < 1.29 is 14.6 Å². The Morgan fingerprint density at radius 2 is 1.91 bits per heavy atom. The molecule has 0 spiro atoms. The van der Waals surface area contributed by atoms with Gasteiger partial charge in [-0.3, -0.25) is 4.79 Å². The SMILES string of the molecule is CCN(c1ccc(C(CC(=O)O)C2CC2)cc1Nc1ccc(C#N)cc1)C1CCOCC1. The molecule has 1 aliphatic heterocycles. The van der Waals surface area contributed by atoms with Crippen LogP contribution in [-0.2, 0) is 9.53 Å². The van der Waals surface area contributed by atoms with Crippen molar-refractivity contribution in [1.29, 1.82) is 5.26 Å². The first-order chi connectivity index (χ1) is 15.6. The number of nitrogens with one attached hydrogen (secondary N) is 1. The van der Waals surface area contributed by atoms with E-state index in [1.54, 1.807) is 12.1 Å². The van der Waals surface area contributed by atoms with E-state index in [0.29, 0.717) is 17.5 Å². The quantitative estimate of drug-likeness (QED) is 0.560. The number of benzene rings is 2. The molecule has 6 nitrogen and oxygen atoms in total. The van der Waals surface area contributed by atoms with Crippen LogP contribution in [0.3, 0.4) is 0 Å². The summed E-state index contributed by atoms with van der Waals surface area (Å²) >= 11 is 0. The number of ether oxygens (including phenoxy) is 1. The minimum absolute atomic E-state index is 0.0428. The van der Waals surface area contributed by atoms with Crippen molar-refractivity contribution in [3.05, 3.63) is 53.6 Å². The van der Waals surface area contributed by atoms with E-state index in [0.717, 1.165) is 68.1 Å². The first-order valence-electron chi connectivity index (χ1n) is 11.6. The van der Waals surface area contributed by atoms with Crippen molar-refractivity contribution in [2.24, 2.45) is 5.92 Å². The molecular weight excluding hydrogens is 402 g/mol. The number of nitriles is 1. The van der Waals surface area contributed by atoms with Gasteiger partial charge in [0, 0.05) is 31.5 Å². The van der Waals surface area contributed by atoms with Gasteiger partial charge in [0.25, 0.3) is 0 Å². The second-order valence-electron chi connectivity index (χ2n) is 8.76. The molecule has 32 heavy (non-hydrogen) atoms. The van der Waals surface area contributed by atoms with Gasteiger partial charge in [-0.25, -0.2) is 0 Å². The zero-order chi connectivity index (χ0) is 22.5. The molecule has 6 heteroatoms. The zero-order valence-electron chi connectivity index (χ0n) is 18.6. The van der Waals surface area contributed by atoms with Gasteiger partial charge in [-0.2, -0.15) is 5.26 Å². The number of rotatable bonds is 9. The highest BCUT2D eigenvalue weighted by Gasteiger charge is 2.34. The highest BCUT2D eigenvalue weighted by Crippen LogP contribution is 2.46. The summed E-state index contributed by atoms with van der Waals surface area (Å²) in [5, 5.41) is 22.1. The maximum atomic E-state index is 11.5. The molecule has 2 N–H and O–H groups in total. The Morgan fingerprint density at radius 3 is 2.50 bits per heavy atom. The largest absolute Gasteiger partial charge is 0.481 e. The standard InChI is InChI=1S/C26H31N3O3/c1-2-29(22-11-13-32-14-12-22)25-10-7-20(23(16-26(30)31)19-5-6-19)15-24(25)28-21-8-3-18(17-27)4-9-21/h3-4,7-10,15,19,22-23,28H,2,5-6,11-14,16H2,1H3,(H,30,31). The zero-order valence-corrected chi connectivity index (χ0v) is 18.6. The number of anilines is 3. The topological polar surface area (TPSA) is 85.6 Å². The van der Waals surface area contributed by atoms with Crippen molar-refractivity contribution in [3.8, 4) is 6.07 Å². The first kappa shape index (κ1) is 22.2. The predicted octanol–water partition coefficient (Wildman–Crippen LogP) is 5.28. The highest BCUT2D eigenvalue weighted by atomic mass is 16.5. The number of hydrogen-bond donors (Lipinski definition) is 2. The van der Waals surface area contributed by atoms with Crippen LogP contribution >= 0.6 is 0 Å². The van der Waals surface area contributed by atoms with Gasteiger partial charge in [-0.15, -0.1) is 0 Å². The second kappa shape index (κ2) is 10.1. The van der Waals surface area contributed by atoms with Gasteiger partial charge < -0.3 is 20.1 Å². The number of carboxylic acids is 1. The van der Waals surface area contributed by atoms with Crippen LogP contribution < -0.4 is 10.2 Å². The van der Waals surface area contributed by atoms with E-state index in [2.05, 4.69) is 41.4 Å². The van der Waals surface area contributed by atoms with Gasteiger partial charge in [0.2, 0.25) is 0 Å². The molecule has 168 valence electrons. The van der Waals surface area contributed by atoms with Gasteiger partial charge in [0.05, 0.1) is 29.4 Å². The summed E-state index contributed by atoms with van der Waals surface area (Å²) in [6, 6.07) is 16.4. The van der Waals surface area contributed by atoms with Gasteiger partial charge in [0.15, 0.2) is 0 Å². The fraction of sp³-hybridized carbons (Fsp3) is 0.462. The van der Waals surface area contributed by atoms with E-state index < -0.39 is 5.97 Å². The number of carbonyl (C=O) groups is 1. The Morgan fingerprint density at radius 1 is 1.19 bits per heavy atom. The smallest absolute Gasteiger partial charge is 0.303 e. The highest BCUT2D eigenvalue weighted by molar-refractivity contribution is 5.77. The van der Waals surface area contributed by atoms with Gasteiger partial charge >= 0.3 is 5.97 Å². The Bertz CT molecular complexity index is 973. The van der Waals surface area contributed by atoms with E-state index in [9.17, 15) is 9.90 Å². The summed E-state index contributed by atoms with van der Waals surface area (Å²) in [5.74, 6) is -0.247. The molecule has 0 radical (unpaired) electrons.